The largest absolute Gasteiger partial charge is 0.336 e. The fourth-order valence-electron chi connectivity index (χ4n) is 3.29. The van der Waals surface area contributed by atoms with Crippen LogP contribution in [0, 0.1) is 20.8 Å². The van der Waals surface area contributed by atoms with Crippen LogP contribution in [0.5, 0.6) is 0 Å². The first-order chi connectivity index (χ1) is 13.3. The molecule has 3 aromatic rings. The quantitative estimate of drug-likeness (QED) is 0.679. The van der Waals surface area contributed by atoms with E-state index in [9.17, 15) is 9.59 Å². The predicted octanol–water partition coefficient (Wildman–Crippen LogP) is 4.25. The summed E-state index contributed by atoms with van der Waals surface area (Å²) in [5, 5.41) is 3.88. The monoisotopic (exact) mass is 395 g/mol. The van der Waals surface area contributed by atoms with Crippen LogP contribution >= 0.6 is 11.3 Å². The van der Waals surface area contributed by atoms with Crippen LogP contribution in [-0.2, 0) is 16.0 Å². The third kappa shape index (κ3) is 4.75. The Morgan fingerprint density at radius 1 is 1.11 bits per heavy atom. The van der Waals surface area contributed by atoms with E-state index in [2.05, 4.69) is 10.3 Å². The molecule has 0 aliphatic carbocycles. The minimum atomic E-state index is -0.189. The van der Waals surface area contributed by atoms with Crippen LogP contribution in [-0.4, -0.2) is 35.3 Å². The molecule has 0 radical (unpaired) electrons. The van der Waals surface area contributed by atoms with Gasteiger partial charge in [0.25, 0.3) is 0 Å². The number of amides is 2. The third-order valence-corrected chi connectivity index (χ3v) is 5.74. The number of aryl methyl sites for hydroxylation is 4. The van der Waals surface area contributed by atoms with Gasteiger partial charge in [0.15, 0.2) is 0 Å². The van der Waals surface area contributed by atoms with E-state index >= 15 is 0 Å². The summed E-state index contributed by atoms with van der Waals surface area (Å²) in [4.78, 5) is 30.8. The lowest BCUT2D eigenvalue weighted by atomic mass is 10.1. The molecule has 28 heavy (non-hydrogen) atoms. The Morgan fingerprint density at radius 2 is 1.79 bits per heavy atom. The number of anilines is 1. The van der Waals surface area contributed by atoms with Gasteiger partial charge in [-0.2, -0.15) is 0 Å². The molecule has 2 amide bonds. The number of nitrogens with one attached hydrogen (secondary N) is 1. The number of para-hydroxylation sites is 1. The van der Waals surface area contributed by atoms with Gasteiger partial charge in [-0.3, -0.25) is 9.59 Å². The molecule has 3 rings (SSSR count). The van der Waals surface area contributed by atoms with E-state index in [1.165, 1.54) is 4.90 Å². The number of benzene rings is 2. The molecular formula is C22H25N3O2S. The molecule has 0 aliphatic rings. The van der Waals surface area contributed by atoms with Crippen molar-refractivity contribution in [2.45, 2.75) is 33.6 Å². The molecule has 0 saturated heterocycles. The normalized spacial score (nSPS) is 10.9. The van der Waals surface area contributed by atoms with Crippen LogP contribution in [0.25, 0.3) is 10.2 Å². The van der Waals surface area contributed by atoms with Gasteiger partial charge in [-0.25, -0.2) is 4.98 Å². The summed E-state index contributed by atoms with van der Waals surface area (Å²) in [6.45, 7) is 6.01. The molecule has 6 heteroatoms. The maximum atomic E-state index is 12.4. The van der Waals surface area contributed by atoms with Gasteiger partial charge in [0, 0.05) is 25.6 Å². The molecular weight excluding hydrogens is 370 g/mol. The van der Waals surface area contributed by atoms with Gasteiger partial charge in [-0.05, 0) is 44.0 Å². The van der Waals surface area contributed by atoms with Crippen molar-refractivity contribution >= 4 is 39.1 Å². The first kappa shape index (κ1) is 20.0. The zero-order chi connectivity index (χ0) is 20.3. The number of nitrogens with zero attached hydrogens (tertiary/aromatic N) is 2. The molecule has 0 spiro atoms. The first-order valence-electron chi connectivity index (χ1n) is 9.29. The second-order valence-electron chi connectivity index (χ2n) is 7.15. The number of carbonyl (C=O) groups is 2. The lowest BCUT2D eigenvalue weighted by molar-refractivity contribution is -0.133. The summed E-state index contributed by atoms with van der Waals surface area (Å²) >= 11 is 1.61. The Hall–Kier alpha value is -2.73. The number of hydrogen-bond acceptors (Lipinski definition) is 4. The first-order valence-corrected chi connectivity index (χ1v) is 10.1. The Balaban J connectivity index is 1.54. The summed E-state index contributed by atoms with van der Waals surface area (Å²) < 4.78 is 1.13. The molecule has 1 N–H and O–H groups in total. The number of hydrogen-bond donors (Lipinski definition) is 1. The molecule has 1 aromatic heterocycles. The summed E-state index contributed by atoms with van der Waals surface area (Å²) in [7, 11) is 1.66. The number of likely N-dealkylation sites (N-methyl/N-ethyl adjacent to an activating group) is 1. The highest BCUT2D eigenvalue weighted by atomic mass is 32.1. The zero-order valence-corrected chi connectivity index (χ0v) is 17.5. The maximum Gasteiger partial charge on any atom is 0.243 e. The van der Waals surface area contributed by atoms with Crippen molar-refractivity contribution in [3.8, 4) is 0 Å². The SMILES string of the molecule is Cc1cc(C)c(NC(=O)CN(C)C(=O)CCc2nc3ccccc3s2)c(C)c1. The standard InChI is InChI=1S/C22H25N3O2S/c1-14-11-15(2)22(16(3)12-14)24-19(26)13-25(4)21(27)10-9-20-23-17-7-5-6-8-18(17)28-20/h5-8,11-12H,9-10,13H2,1-4H3,(H,24,26). The van der Waals surface area contributed by atoms with Crippen molar-refractivity contribution in [3.05, 3.63) is 58.1 Å². The number of rotatable bonds is 6. The van der Waals surface area contributed by atoms with Gasteiger partial charge < -0.3 is 10.2 Å². The number of carbonyl (C=O) groups excluding carboxylic acids is 2. The Labute approximate surface area is 169 Å². The van der Waals surface area contributed by atoms with Gasteiger partial charge >= 0.3 is 0 Å². The van der Waals surface area contributed by atoms with E-state index < -0.39 is 0 Å². The molecule has 0 saturated carbocycles. The maximum absolute atomic E-state index is 12.4. The van der Waals surface area contributed by atoms with Crippen LogP contribution in [0.15, 0.2) is 36.4 Å². The summed E-state index contributed by atoms with van der Waals surface area (Å²) in [6.07, 6.45) is 0.923. The Morgan fingerprint density at radius 3 is 2.46 bits per heavy atom. The second kappa shape index (κ2) is 8.52. The van der Waals surface area contributed by atoms with Crippen LogP contribution in [0.4, 0.5) is 5.69 Å². The molecule has 5 nitrogen and oxygen atoms in total. The predicted molar refractivity (Wildman–Crippen MR) is 115 cm³/mol. The van der Waals surface area contributed by atoms with Crippen molar-refractivity contribution < 1.29 is 9.59 Å². The van der Waals surface area contributed by atoms with Crippen LogP contribution in [0.1, 0.15) is 28.1 Å². The van der Waals surface area contributed by atoms with E-state index in [0.29, 0.717) is 12.8 Å². The van der Waals surface area contributed by atoms with Gasteiger partial charge in [0.2, 0.25) is 11.8 Å². The van der Waals surface area contributed by atoms with Crippen LogP contribution < -0.4 is 5.32 Å². The number of thiazole rings is 1. The fraction of sp³-hybridized carbons (Fsp3) is 0.318. The average molecular weight is 396 g/mol. The fourth-order valence-corrected chi connectivity index (χ4v) is 4.26. The molecule has 146 valence electrons. The Bertz CT molecular complexity index is 970. The topological polar surface area (TPSA) is 62.3 Å². The summed E-state index contributed by atoms with van der Waals surface area (Å²) in [5.41, 5.74) is 5.00. The van der Waals surface area contributed by atoms with Gasteiger partial charge in [0.05, 0.1) is 21.8 Å². The Kier molecular flexibility index (Phi) is 6.09. The zero-order valence-electron chi connectivity index (χ0n) is 16.7. The van der Waals surface area contributed by atoms with E-state index in [0.717, 1.165) is 37.6 Å². The molecule has 0 aliphatic heterocycles. The van der Waals surface area contributed by atoms with Crippen molar-refractivity contribution in [2.24, 2.45) is 0 Å². The third-order valence-electron chi connectivity index (χ3n) is 4.64. The molecule has 0 atom stereocenters. The van der Waals surface area contributed by atoms with Gasteiger partial charge in [-0.1, -0.05) is 29.8 Å². The summed E-state index contributed by atoms with van der Waals surface area (Å²) in [5.74, 6) is -0.252. The second-order valence-corrected chi connectivity index (χ2v) is 8.26. The van der Waals surface area contributed by atoms with Gasteiger partial charge in [0.1, 0.15) is 0 Å². The molecule has 0 bridgehead atoms. The van der Waals surface area contributed by atoms with Crippen molar-refractivity contribution in [1.29, 1.82) is 0 Å². The van der Waals surface area contributed by atoms with E-state index in [4.69, 9.17) is 0 Å². The lowest BCUT2D eigenvalue weighted by Gasteiger charge is -2.18. The number of aromatic nitrogens is 1. The van der Waals surface area contributed by atoms with Crippen molar-refractivity contribution in [2.75, 3.05) is 18.9 Å². The highest BCUT2D eigenvalue weighted by molar-refractivity contribution is 7.18. The average Bonchev–Trinajstić information content (AvgIpc) is 3.05. The van der Waals surface area contributed by atoms with E-state index in [1.807, 2.05) is 57.2 Å². The van der Waals surface area contributed by atoms with Crippen molar-refractivity contribution in [3.63, 3.8) is 0 Å². The van der Waals surface area contributed by atoms with Crippen LogP contribution in [0.2, 0.25) is 0 Å². The minimum absolute atomic E-state index is 0.0332. The molecule has 0 unspecified atom stereocenters. The molecule has 2 aromatic carbocycles. The molecule has 0 fully saturated rings. The van der Waals surface area contributed by atoms with Gasteiger partial charge in [-0.15, -0.1) is 11.3 Å². The minimum Gasteiger partial charge on any atom is -0.336 e. The highest BCUT2D eigenvalue weighted by Gasteiger charge is 2.15. The smallest absolute Gasteiger partial charge is 0.243 e. The van der Waals surface area contributed by atoms with E-state index in [-0.39, 0.29) is 18.4 Å². The molecule has 1 heterocycles. The number of fused-ring (bicyclic) bond motifs is 1. The highest BCUT2D eigenvalue weighted by Crippen LogP contribution is 2.23. The van der Waals surface area contributed by atoms with Crippen LogP contribution in [0.3, 0.4) is 0 Å². The lowest BCUT2D eigenvalue weighted by Crippen LogP contribution is -2.35. The van der Waals surface area contributed by atoms with Crippen molar-refractivity contribution in [1.82, 2.24) is 9.88 Å². The van der Waals surface area contributed by atoms with E-state index in [1.54, 1.807) is 18.4 Å². The summed E-state index contributed by atoms with van der Waals surface area (Å²) in [6, 6.07) is 12.0.